The maximum Gasteiger partial charge on any atom is 0.305 e. The van der Waals surface area contributed by atoms with Crippen LogP contribution in [0, 0.1) is 16.0 Å². The van der Waals surface area contributed by atoms with Crippen molar-refractivity contribution in [1.82, 2.24) is 9.97 Å². The molecule has 0 saturated carbocycles. The normalized spacial score (nSPS) is 10.4. The summed E-state index contributed by atoms with van der Waals surface area (Å²) in [5.74, 6) is 1.02. The van der Waals surface area contributed by atoms with Crippen molar-refractivity contribution in [3.05, 3.63) is 22.5 Å². The van der Waals surface area contributed by atoms with Gasteiger partial charge in [-0.05, 0) is 5.92 Å². The highest BCUT2D eigenvalue weighted by molar-refractivity contribution is 5.30. The first-order valence-electron chi connectivity index (χ1n) is 5.37. The summed E-state index contributed by atoms with van der Waals surface area (Å²) in [6.45, 7) is 5.06. The highest BCUT2D eigenvalue weighted by Gasteiger charge is 2.07. The van der Waals surface area contributed by atoms with Gasteiger partial charge < -0.3 is 5.32 Å². The molecule has 6 heteroatoms. The molecule has 0 saturated heterocycles. The van der Waals surface area contributed by atoms with Crippen molar-refractivity contribution in [3.63, 3.8) is 0 Å². The van der Waals surface area contributed by atoms with Crippen LogP contribution in [0.15, 0.2) is 12.4 Å². The molecule has 0 fully saturated rings. The Kier molecular flexibility index (Phi) is 4.63. The lowest BCUT2D eigenvalue weighted by Gasteiger charge is -2.12. The summed E-state index contributed by atoms with van der Waals surface area (Å²) in [6.07, 6.45) is 4.61. The van der Waals surface area contributed by atoms with Gasteiger partial charge in [0, 0.05) is 6.54 Å². The number of rotatable bonds is 6. The minimum Gasteiger partial charge on any atom is -0.354 e. The highest BCUT2D eigenvalue weighted by Crippen LogP contribution is 2.10. The summed E-state index contributed by atoms with van der Waals surface area (Å²) < 4.78 is 0. The van der Waals surface area contributed by atoms with Gasteiger partial charge in [0.05, 0.1) is 4.92 Å². The summed E-state index contributed by atoms with van der Waals surface area (Å²) in [4.78, 5) is 17.6. The molecule has 16 heavy (non-hydrogen) atoms. The summed E-state index contributed by atoms with van der Waals surface area (Å²) in [7, 11) is 0. The Bertz CT molecular complexity index is 335. The van der Waals surface area contributed by atoms with Gasteiger partial charge in [0.15, 0.2) is 0 Å². The van der Waals surface area contributed by atoms with Crippen LogP contribution in [0.5, 0.6) is 0 Å². The van der Waals surface area contributed by atoms with Gasteiger partial charge in [0.2, 0.25) is 5.95 Å². The summed E-state index contributed by atoms with van der Waals surface area (Å²) in [5, 5.41) is 13.4. The zero-order chi connectivity index (χ0) is 12.0. The molecule has 1 aromatic rings. The Balaban J connectivity index is 2.52. The third-order valence-electron chi connectivity index (χ3n) is 2.55. The fourth-order valence-corrected chi connectivity index (χ4v) is 1.32. The molecule has 0 atom stereocenters. The SMILES string of the molecule is CCC(CC)CNc1ncc([N+](=O)[O-])cn1. The van der Waals surface area contributed by atoms with Crippen LogP contribution in [-0.4, -0.2) is 21.4 Å². The number of anilines is 1. The second kappa shape index (κ2) is 5.99. The zero-order valence-electron chi connectivity index (χ0n) is 9.51. The van der Waals surface area contributed by atoms with Gasteiger partial charge in [-0.2, -0.15) is 0 Å². The molecule has 0 aliphatic heterocycles. The molecule has 1 aromatic heterocycles. The molecular formula is C10H16N4O2. The maximum absolute atomic E-state index is 10.4. The van der Waals surface area contributed by atoms with E-state index in [4.69, 9.17) is 0 Å². The van der Waals surface area contributed by atoms with Gasteiger partial charge in [-0.25, -0.2) is 9.97 Å². The molecule has 0 bridgehead atoms. The first-order valence-corrected chi connectivity index (χ1v) is 5.37. The third-order valence-corrected chi connectivity index (χ3v) is 2.55. The summed E-state index contributed by atoms with van der Waals surface area (Å²) in [6, 6.07) is 0. The molecule has 1 N–H and O–H groups in total. The van der Waals surface area contributed by atoms with Gasteiger partial charge >= 0.3 is 5.69 Å². The van der Waals surface area contributed by atoms with Crippen LogP contribution in [0.4, 0.5) is 11.6 Å². The molecule has 0 aliphatic rings. The van der Waals surface area contributed by atoms with Gasteiger partial charge in [0.1, 0.15) is 12.4 Å². The molecular weight excluding hydrogens is 208 g/mol. The Morgan fingerprint density at radius 3 is 2.38 bits per heavy atom. The number of aromatic nitrogens is 2. The predicted molar refractivity (Wildman–Crippen MR) is 61.2 cm³/mol. The molecule has 6 nitrogen and oxygen atoms in total. The van der Waals surface area contributed by atoms with Crippen LogP contribution < -0.4 is 5.32 Å². The van der Waals surface area contributed by atoms with E-state index in [0.29, 0.717) is 11.9 Å². The van der Waals surface area contributed by atoms with Gasteiger partial charge in [0.25, 0.3) is 0 Å². The van der Waals surface area contributed by atoms with E-state index >= 15 is 0 Å². The molecule has 1 rings (SSSR count). The van der Waals surface area contributed by atoms with E-state index in [9.17, 15) is 10.1 Å². The fraction of sp³-hybridized carbons (Fsp3) is 0.600. The maximum atomic E-state index is 10.4. The highest BCUT2D eigenvalue weighted by atomic mass is 16.6. The van der Waals surface area contributed by atoms with Gasteiger partial charge in [-0.3, -0.25) is 10.1 Å². The van der Waals surface area contributed by atoms with E-state index in [0.717, 1.165) is 19.4 Å². The number of nitro groups is 1. The van der Waals surface area contributed by atoms with E-state index in [1.807, 2.05) is 0 Å². The smallest absolute Gasteiger partial charge is 0.305 e. The van der Waals surface area contributed by atoms with Crippen LogP contribution >= 0.6 is 0 Å². The van der Waals surface area contributed by atoms with Crippen molar-refractivity contribution in [2.45, 2.75) is 26.7 Å². The largest absolute Gasteiger partial charge is 0.354 e. The lowest BCUT2D eigenvalue weighted by atomic mass is 10.0. The van der Waals surface area contributed by atoms with Crippen molar-refractivity contribution in [2.24, 2.45) is 5.92 Å². The van der Waals surface area contributed by atoms with Crippen LogP contribution in [0.3, 0.4) is 0 Å². The second-order valence-corrected chi connectivity index (χ2v) is 3.59. The lowest BCUT2D eigenvalue weighted by Crippen LogP contribution is -2.14. The molecule has 88 valence electrons. The van der Waals surface area contributed by atoms with Crippen LogP contribution in [-0.2, 0) is 0 Å². The molecule has 0 spiro atoms. The van der Waals surface area contributed by atoms with Crippen molar-refractivity contribution in [2.75, 3.05) is 11.9 Å². The quantitative estimate of drug-likeness (QED) is 0.592. The van der Waals surface area contributed by atoms with Crippen molar-refractivity contribution >= 4 is 11.6 Å². The van der Waals surface area contributed by atoms with Crippen LogP contribution in [0.25, 0.3) is 0 Å². The summed E-state index contributed by atoms with van der Waals surface area (Å²) >= 11 is 0. The standard InChI is InChI=1S/C10H16N4O2/c1-3-8(4-2)5-11-10-12-6-9(7-13-10)14(15)16/h6-8H,3-5H2,1-2H3,(H,11,12,13). The first kappa shape index (κ1) is 12.4. The molecule has 0 amide bonds. The number of hydrogen-bond donors (Lipinski definition) is 1. The van der Waals surface area contributed by atoms with Gasteiger partial charge in [-0.15, -0.1) is 0 Å². The third kappa shape index (κ3) is 3.45. The molecule has 0 radical (unpaired) electrons. The number of nitrogens with one attached hydrogen (secondary N) is 1. The Hall–Kier alpha value is -1.72. The fourth-order valence-electron chi connectivity index (χ4n) is 1.32. The number of nitrogens with zero attached hydrogens (tertiary/aromatic N) is 3. The Morgan fingerprint density at radius 1 is 1.38 bits per heavy atom. The Labute approximate surface area is 94.3 Å². The van der Waals surface area contributed by atoms with E-state index in [2.05, 4.69) is 29.1 Å². The minimum atomic E-state index is -0.509. The van der Waals surface area contributed by atoms with E-state index in [1.54, 1.807) is 0 Å². The number of hydrogen-bond acceptors (Lipinski definition) is 5. The van der Waals surface area contributed by atoms with E-state index in [1.165, 1.54) is 12.4 Å². The van der Waals surface area contributed by atoms with Crippen molar-refractivity contribution < 1.29 is 4.92 Å². The van der Waals surface area contributed by atoms with Crippen molar-refractivity contribution in [3.8, 4) is 0 Å². The Morgan fingerprint density at radius 2 is 1.94 bits per heavy atom. The first-order chi connectivity index (χ1) is 7.67. The average molecular weight is 224 g/mol. The van der Waals surface area contributed by atoms with Crippen LogP contribution in [0.2, 0.25) is 0 Å². The molecule has 1 heterocycles. The molecule has 0 aromatic carbocycles. The zero-order valence-corrected chi connectivity index (χ0v) is 9.51. The second-order valence-electron chi connectivity index (χ2n) is 3.59. The molecule has 0 aliphatic carbocycles. The average Bonchev–Trinajstić information content (AvgIpc) is 2.31. The van der Waals surface area contributed by atoms with Crippen molar-refractivity contribution in [1.29, 1.82) is 0 Å². The monoisotopic (exact) mass is 224 g/mol. The topological polar surface area (TPSA) is 81.0 Å². The van der Waals surface area contributed by atoms with E-state index < -0.39 is 4.92 Å². The lowest BCUT2D eigenvalue weighted by molar-refractivity contribution is -0.385. The predicted octanol–water partition coefficient (Wildman–Crippen LogP) is 2.23. The van der Waals surface area contributed by atoms with Crippen LogP contribution in [0.1, 0.15) is 26.7 Å². The van der Waals surface area contributed by atoms with E-state index in [-0.39, 0.29) is 5.69 Å². The molecule has 0 unspecified atom stereocenters. The minimum absolute atomic E-state index is 0.0897. The van der Waals surface area contributed by atoms with Gasteiger partial charge in [-0.1, -0.05) is 26.7 Å². The summed E-state index contributed by atoms with van der Waals surface area (Å²) in [5.41, 5.74) is -0.0897.